The second-order valence-electron chi connectivity index (χ2n) is 4.98. The molecule has 0 aliphatic carbocycles. The van der Waals surface area contributed by atoms with Crippen molar-refractivity contribution in [3.8, 4) is 17.0 Å². The first kappa shape index (κ1) is 16.4. The van der Waals surface area contributed by atoms with Crippen LogP contribution in [0.15, 0.2) is 54.2 Å². The zero-order valence-corrected chi connectivity index (χ0v) is 14.3. The molecule has 0 aliphatic heterocycles. The zero-order chi connectivity index (χ0) is 16.9. The minimum Gasteiger partial charge on any atom is -0.481 e. The molecule has 0 unspecified atom stereocenters. The van der Waals surface area contributed by atoms with Crippen LogP contribution in [0, 0.1) is 0 Å². The lowest BCUT2D eigenvalue weighted by Gasteiger charge is -2.13. The number of thiazole rings is 1. The van der Waals surface area contributed by atoms with Gasteiger partial charge >= 0.3 is 0 Å². The molecule has 24 heavy (non-hydrogen) atoms. The van der Waals surface area contributed by atoms with Gasteiger partial charge in [0.15, 0.2) is 11.2 Å². The monoisotopic (exact) mass is 359 g/mol. The van der Waals surface area contributed by atoms with E-state index < -0.39 is 6.10 Å². The predicted octanol–water partition coefficient (Wildman–Crippen LogP) is 4.26. The SMILES string of the molecule is C[C@H](Oc1ccc(Cl)cc1)C(=O)Nc1nc(-c2ccncc2)cs1. The van der Waals surface area contributed by atoms with Gasteiger partial charge in [-0.15, -0.1) is 11.3 Å². The standard InChI is InChI=1S/C17H14ClN3O2S/c1-11(23-14-4-2-13(18)3-5-14)16(22)21-17-20-15(10-24-17)12-6-8-19-9-7-12/h2-11H,1H3,(H,20,21,22)/t11-/m0/s1. The summed E-state index contributed by atoms with van der Waals surface area (Å²) in [5.74, 6) is 0.319. The highest BCUT2D eigenvalue weighted by molar-refractivity contribution is 7.14. The summed E-state index contributed by atoms with van der Waals surface area (Å²) in [7, 11) is 0. The van der Waals surface area contributed by atoms with E-state index in [1.54, 1.807) is 43.6 Å². The normalized spacial score (nSPS) is 11.8. The van der Waals surface area contributed by atoms with E-state index >= 15 is 0 Å². The maximum Gasteiger partial charge on any atom is 0.266 e. The smallest absolute Gasteiger partial charge is 0.266 e. The molecule has 0 saturated heterocycles. The van der Waals surface area contributed by atoms with Crippen LogP contribution in [0.5, 0.6) is 5.75 Å². The van der Waals surface area contributed by atoms with Gasteiger partial charge in [-0.3, -0.25) is 15.1 Å². The minimum absolute atomic E-state index is 0.263. The van der Waals surface area contributed by atoms with Crippen molar-refractivity contribution < 1.29 is 9.53 Å². The molecule has 1 N–H and O–H groups in total. The van der Waals surface area contributed by atoms with Gasteiger partial charge in [0, 0.05) is 28.4 Å². The summed E-state index contributed by atoms with van der Waals surface area (Å²) in [5, 5.41) is 5.79. The molecule has 0 spiro atoms. The van der Waals surface area contributed by atoms with Gasteiger partial charge < -0.3 is 4.74 Å². The van der Waals surface area contributed by atoms with Crippen LogP contribution in [0.3, 0.4) is 0 Å². The second kappa shape index (κ2) is 7.42. The largest absolute Gasteiger partial charge is 0.481 e. The lowest BCUT2D eigenvalue weighted by Crippen LogP contribution is -2.30. The predicted molar refractivity (Wildman–Crippen MR) is 95.5 cm³/mol. The maximum absolute atomic E-state index is 12.2. The Kier molecular flexibility index (Phi) is 5.08. The van der Waals surface area contributed by atoms with Gasteiger partial charge in [-0.25, -0.2) is 4.98 Å². The van der Waals surface area contributed by atoms with E-state index in [-0.39, 0.29) is 5.91 Å². The van der Waals surface area contributed by atoms with E-state index in [4.69, 9.17) is 16.3 Å². The fourth-order valence-corrected chi connectivity index (χ4v) is 2.81. The first-order valence-electron chi connectivity index (χ1n) is 7.21. The molecule has 5 nitrogen and oxygen atoms in total. The van der Waals surface area contributed by atoms with Crippen molar-refractivity contribution in [3.05, 3.63) is 59.2 Å². The van der Waals surface area contributed by atoms with Crippen LogP contribution in [0.1, 0.15) is 6.92 Å². The molecule has 0 bridgehead atoms. The van der Waals surface area contributed by atoms with Gasteiger partial charge in [0.1, 0.15) is 5.75 Å². The number of ether oxygens (including phenoxy) is 1. The lowest BCUT2D eigenvalue weighted by atomic mass is 10.2. The second-order valence-corrected chi connectivity index (χ2v) is 6.27. The van der Waals surface area contributed by atoms with Crippen molar-refractivity contribution in [3.63, 3.8) is 0 Å². The molecule has 1 atom stereocenters. The molecule has 0 saturated carbocycles. The third-order valence-corrected chi connectivity index (χ3v) is 4.22. The van der Waals surface area contributed by atoms with Gasteiger partial charge in [-0.2, -0.15) is 0 Å². The van der Waals surface area contributed by atoms with E-state index in [1.165, 1.54) is 11.3 Å². The number of hydrogen-bond acceptors (Lipinski definition) is 5. The Bertz CT molecular complexity index is 821. The van der Waals surface area contributed by atoms with Crippen molar-refractivity contribution >= 4 is 34.0 Å². The highest BCUT2D eigenvalue weighted by Gasteiger charge is 2.16. The first-order chi connectivity index (χ1) is 11.6. The van der Waals surface area contributed by atoms with Crippen LogP contribution in [-0.2, 0) is 4.79 Å². The number of rotatable bonds is 5. The third-order valence-electron chi connectivity index (χ3n) is 3.21. The van der Waals surface area contributed by atoms with Crippen LogP contribution in [0.2, 0.25) is 5.02 Å². The molecule has 2 heterocycles. The van der Waals surface area contributed by atoms with E-state index in [1.807, 2.05) is 17.5 Å². The number of carbonyl (C=O) groups excluding carboxylic acids is 1. The Hall–Kier alpha value is -2.44. The summed E-state index contributed by atoms with van der Waals surface area (Å²) in [6, 6.07) is 10.6. The zero-order valence-electron chi connectivity index (χ0n) is 12.8. The van der Waals surface area contributed by atoms with E-state index in [9.17, 15) is 4.79 Å². The Morgan fingerprint density at radius 3 is 2.62 bits per heavy atom. The molecule has 0 aliphatic rings. The van der Waals surface area contributed by atoms with Crippen molar-refractivity contribution in [1.82, 2.24) is 9.97 Å². The number of nitrogens with one attached hydrogen (secondary N) is 1. The number of pyridine rings is 1. The molecule has 0 fully saturated rings. The molecule has 1 aromatic carbocycles. The highest BCUT2D eigenvalue weighted by atomic mass is 35.5. The number of halogens is 1. The maximum atomic E-state index is 12.2. The average Bonchev–Trinajstić information content (AvgIpc) is 3.06. The number of hydrogen-bond donors (Lipinski definition) is 1. The van der Waals surface area contributed by atoms with Crippen LogP contribution in [0.25, 0.3) is 11.3 Å². The van der Waals surface area contributed by atoms with Gasteiger partial charge in [0.05, 0.1) is 5.69 Å². The molecule has 122 valence electrons. The number of benzene rings is 1. The number of amides is 1. The highest BCUT2D eigenvalue weighted by Crippen LogP contribution is 2.24. The van der Waals surface area contributed by atoms with Gasteiger partial charge in [-0.05, 0) is 43.3 Å². The summed E-state index contributed by atoms with van der Waals surface area (Å²) >= 11 is 7.19. The Labute approximate surface area is 148 Å². The molecule has 3 rings (SSSR count). The van der Waals surface area contributed by atoms with E-state index in [2.05, 4.69) is 15.3 Å². The number of carbonyl (C=O) groups is 1. The van der Waals surface area contributed by atoms with Crippen LogP contribution >= 0.6 is 22.9 Å². The van der Waals surface area contributed by atoms with Crippen molar-refractivity contribution in [2.75, 3.05) is 5.32 Å². The Morgan fingerprint density at radius 1 is 1.21 bits per heavy atom. The lowest BCUT2D eigenvalue weighted by molar-refractivity contribution is -0.122. The summed E-state index contributed by atoms with van der Waals surface area (Å²) in [6.07, 6.45) is 2.75. The third kappa shape index (κ3) is 4.10. The van der Waals surface area contributed by atoms with Gasteiger partial charge in [-0.1, -0.05) is 11.6 Å². The quantitative estimate of drug-likeness (QED) is 0.739. The van der Waals surface area contributed by atoms with Crippen LogP contribution in [0.4, 0.5) is 5.13 Å². The minimum atomic E-state index is -0.653. The summed E-state index contributed by atoms with van der Waals surface area (Å²) < 4.78 is 5.59. The van der Waals surface area contributed by atoms with Crippen LogP contribution in [-0.4, -0.2) is 22.0 Å². The average molecular weight is 360 g/mol. The Balaban J connectivity index is 1.62. The van der Waals surface area contributed by atoms with Crippen molar-refractivity contribution in [1.29, 1.82) is 0 Å². The topological polar surface area (TPSA) is 64.1 Å². The molecule has 7 heteroatoms. The molecule has 3 aromatic rings. The number of aromatic nitrogens is 2. The Morgan fingerprint density at radius 2 is 1.92 bits per heavy atom. The van der Waals surface area contributed by atoms with E-state index in [0.717, 1.165) is 11.3 Å². The van der Waals surface area contributed by atoms with Gasteiger partial charge in [0.2, 0.25) is 0 Å². The van der Waals surface area contributed by atoms with Crippen LogP contribution < -0.4 is 10.1 Å². The van der Waals surface area contributed by atoms with Gasteiger partial charge in [0.25, 0.3) is 5.91 Å². The summed E-state index contributed by atoms with van der Waals surface area (Å²) in [4.78, 5) is 20.6. The van der Waals surface area contributed by atoms with Crippen molar-refractivity contribution in [2.24, 2.45) is 0 Å². The molecule has 2 aromatic heterocycles. The molecular formula is C17H14ClN3O2S. The molecule has 0 radical (unpaired) electrons. The first-order valence-corrected chi connectivity index (χ1v) is 8.46. The summed E-state index contributed by atoms with van der Waals surface area (Å²) in [5.41, 5.74) is 1.75. The number of anilines is 1. The molecular weight excluding hydrogens is 346 g/mol. The fraction of sp³-hybridized carbons (Fsp3) is 0.118. The molecule has 1 amide bonds. The fourth-order valence-electron chi connectivity index (χ4n) is 1.96. The number of nitrogens with zero attached hydrogens (tertiary/aromatic N) is 2. The summed E-state index contributed by atoms with van der Waals surface area (Å²) in [6.45, 7) is 1.68. The van der Waals surface area contributed by atoms with E-state index in [0.29, 0.717) is 15.9 Å². The van der Waals surface area contributed by atoms with Crippen molar-refractivity contribution in [2.45, 2.75) is 13.0 Å².